The SMILES string of the molecule is NNC(CCc1ccco1)C1CCOC1. The van der Waals surface area contributed by atoms with Gasteiger partial charge in [0.15, 0.2) is 0 Å². The van der Waals surface area contributed by atoms with Crippen LogP contribution in [0, 0.1) is 5.92 Å². The maximum atomic E-state index is 5.56. The summed E-state index contributed by atoms with van der Waals surface area (Å²) in [4.78, 5) is 0. The van der Waals surface area contributed by atoms with Crippen molar-refractivity contribution in [2.75, 3.05) is 13.2 Å². The van der Waals surface area contributed by atoms with Gasteiger partial charge in [-0.1, -0.05) is 0 Å². The number of hydrogen-bond donors (Lipinski definition) is 2. The maximum Gasteiger partial charge on any atom is 0.103 e. The molecule has 0 radical (unpaired) electrons. The maximum absolute atomic E-state index is 5.56. The molecule has 0 bridgehead atoms. The van der Waals surface area contributed by atoms with E-state index in [1.807, 2.05) is 12.1 Å². The van der Waals surface area contributed by atoms with Gasteiger partial charge >= 0.3 is 0 Å². The van der Waals surface area contributed by atoms with Gasteiger partial charge in [-0.3, -0.25) is 11.3 Å². The first-order chi connectivity index (χ1) is 7.40. The summed E-state index contributed by atoms with van der Waals surface area (Å²) >= 11 is 0. The highest BCUT2D eigenvalue weighted by Crippen LogP contribution is 2.19. The smallest absolute Gasteiger partial charge is 0.103 e. The lowest BCUT2D eigenvalue weighted by atomic mass is 9.95. The van der Waals surface area contributed by atoms with Gasteiger partial charge in [-0.25, -0.2) is 0 Å². The van der Waals surface area contributed by atoms with Crippen LogP contribution in [0.2, 0.25) is 0 Å². The van der Waals surface area contributed by atoms with E-state index in [2.05, 4.69) is 5.43 Å². The Morgan fingerprint density at radius 1 is 1.60 bits per heavy atom. The van der Waals surface area contributed by atoms with Crippen LogP contribution in [-0.2, 0) is 11.2 Å². The van der Waals surface area contributed by atoms with Crippen LogP contribution < -0.4 is 11.3 Å². The Morgan fingerprint density at radius 2 is 2.53 bits per heavy atom. The summed E-state index contributed by atoms with van der Waals surface area (Å²) in [5, 5.41) is 0. The van der Waals surface area contributed by atoms with Gasteiger partial charge in [0.1, 0.15) is 5.76 Å². The summed E-state index contributed by atoms with van der Waals surface area (Å²) in [5.41, 5.74) is 2.88. The standard InChI is InChI=1S/C11H18N2O2/c12-13-11(9-5-7-14-8-9)4-3-10-2-1-6-15-10/h1-2,6,9,11,13H,3-5,7-8,12H2. The molecule has 0 amide bonds. The third kappa shape index (κ3) is 2.81. The molecule has 15 heavy (non-hydrogen) atoms. The third-order valence-electron chi connectivity index (χ3n) is 3.03. The average Bonchev–Trinajstić information content (AvgIpc) is 2.90. The van der Waals surface area contributed by atoms with Crippen molar-refractivity contribution in [2.24, 2.45) is 11.8 Å². The van der Waals surface area contributed by atoms with Gasteiger partial charge in [-0.05, 0) is 25.0 Å². The van der Waals surface area contributed by atoms with E-state index in [-0.39, 0.29) is 0 Å². The second kappa shape index (κ2) is 5.30. The number of rotatable bonds is 5. The zero-order valence-electron chi connectivity index (χ0n) is 8.82. The Morgan fingerprint density at radius 3 is 3.13 bits per heavy atom. The van der Waals surface area contributed by atoms with Crippen LogP contribution in [-0.4, -0.2) is 19.3 Å². The molecule has 1 aliphatic heterocycles. The van der Waals surface area contributed by atoms with E-state index in [0.29, 0.717) is 12.0 Å². The molecule has 0 aliphatic carbocycles. The van der Waals surface area contributed by atoms with Crippen molar-refractivity contribution >= 4 is 0 Å². The summed E-state index contributed by atoms with van der Waals surface area (Å²) in [6, 6.07) is 4.25. The van der Waals surface area contributed by atoms with Crippen molar-refractivity contribution < 1.29 is 9.15 Å². The van der Waals surface area contributed by atoms with Crippen LogP contribution in [0.15, 0.2) is 22.8 Å². The lowest BCUT2D eigenvalue weighted by Crippen LogP contribution is -2.41. The summed E-state index contributed by atoms with van der Waals surface area (Å²) < 4.78 is 10.6. The molecule has 0 saturated carbocycles. The van der Waals surface area contributed by atoms with E-state index in [1.54, 1.807) is 6.26 Å². The van der Waals surface area contributed by atoms with Crippen LogP contribution in [0.1, 0.15) is 18.6 Å². The number of nitrogens with one attached hydrogen (secondary N) is 1. The number of hydrogen-bond acceptors (Lipinski definition) is 4. The van der Waals surface area contributed by atoms with Crippen molar-refractivity contribution in [2.45, 2.75) is 25.3 Å². The van der Waals surface area contributed by atoms with E-state index in [9.17, 15) is 0 Å². The zero-order valence-corrected chi connectivity index (χ0v) is 8.82. The fourth-order valence-electron chi connectivity index (χ4n) is 2.08. The van der Waals surface area contributed by atoms with Crippen molar-refractivity contribution in [1.82, 2.24) is 5.43 Å². The highest BCUT2D eigenvalue weighted by Gasteiger charge is 2.24. The van der Waals surface area contributed by atoms with E-state index in [4.69, 9.17) is 15.0 Å². The van der Waals surface area contributed by atoms with Gasteiger partial charge < -0.3 is 9.15 Å². The minimum atomic E-state index is 0.331. The summed E-state index contributed by atoms with van der Waals surface area (Å²) in [6.07, 6.45) is 4.74. The predicted octanol–water partition coefficient (Wildman–Crippen LogP) is 1.08. The average molecular weight is 210 g/mol. The minimum absolute atomic E-state index is 0.331. The molecule has 1 aromatic heterocycles. The van der Waals surface area contributed by atoms with Crippen LogP contribution in [0.4, 0.5) is 0 Å². The van der Waals surface area contributed by atoms with E-state index >= 15 is 0 Å². The fourth-order valence-corrected chi connectivity index (χ4v) is 2.08. The molecule has 2 atom stereocenters. The largest absolute Gasteiger partial charge is 0.469 e. The monoisotopic (exact) mass is 210 g/mol. The Labute approximate surface area is 89.7 Å². The highest BCUT2D eigenvalue weighted by molar-refractivity contribution is 4.98. The Balaban J connectivity index is 1.80. The molecule has 2 rings (SSSR count). The van der Waals surface area contributed by atoms with Gasteiger partial charge in [-0.15, -0.1) is 0 Å². The number of ether oxygens (including phenoxy) is 1. The molecule has 1 fully saturated rings. The highest BCUT2D eigenvalue weighted by atomic mass is 16.5. The molecular weight excluding hydrogens is 192 g/mol. The molecule has 0 spiro atoms. The number of nitrogens with two attached hydrogens (primary N) is 1. The lowest BCUT2D eigenvalue weighted by Gasteiger charge is -2.20. The molecule has 3 N–H and O–H groups in total. The topological polar surface area (TPSA) is 60.4 Å². The first-order valence-corrected chi connectivity index (χ1v) is 5.46. The predicted molar refractivity (Wildman–Crippen MR) is 57.1 cm³/mol. The van der Waals surface area contributed by atoms with E-state index in [0.717, 1.165) is 38.2 Å². The second-order valence-corrected chi connectivity index (χ2v) is 4.01. The van der Waals surface area contributed by atoms with Crippen molar-refractivity contribution in [3.63, 3.8) is 0 Å². The van der Waals surface area contributed by atoms with Gasteiger partial charge in [-0.2, -0.15) is 0 Å². The van der Waals surface area contributed by atoms with Gasteiger partial charge in [0.2, 0.25) is 0 Å². The lowest BCUT2D eigenvalue weighted by molar-refractivity contribution is 0.175. The first kappa shape index (κ1) is 10.7. The van der Waals surface area contributed by atoms with Gasteiger partial charge in [0.05, 0.1) is 12.9 Å². The van der Waals surface area contributed by atoms with Crippen LogP contribution >= 0.6 is 0 Å². The van der Waals surface area contributed by atoms with Crippen LogP contribution in [0.25, 0.3) is 0 Å². The molecule has 84 valence electrons. The quantitative estimate of drug-likeness (QED) is 0.564. The van der Waals surface area contributed by atoms with Crippen molar-refractivity contribution in [3.8, 4) is 0 Å². The number of aryl methyl sites for hydroxylation is 1. The molecular formula is C11H18N2O2. The molecule has 0 aromatic carbocycles. The summed E-state index contributed by atoms with van der Waals surface area (Å²) in [5.74, 6) is 7.12. The first-order valence-electron chi connectivity index (χ1n) is 5.46. The van der Waals surface area contributed by atoms with Crippen molar-refractivity contribution in [3.05, 3.63) is 24.2 Å². The van der Waals surface area contributed by atoms with Gasteiger partial charge in [0, 0.05) is 25.0 Å². The molecule has 1 saturated heterocycles. The fraction of sp³-hybridized carbons (Fsp3) is 0.636. The molecule has 2 unspecified atom stereocenters. The third-order valence-corrected chi connectivity index (χ3v) is 3.03. The number of furan rings is 1. The normalized spacial score (nSPS) is 23.1. The summed E-state index contributed by atoms with van der Waals surface area (Å²) in [6.45, 7) is 1.69. The van der Waals surface area contributed by atoms with Crippen LogP contribution in [0.3, 0.4) is 0 Å². The Kier molecular flexibility index (Phi) is 3.77. The molecule has 4 heteroatoms. The van der Waals surface area contributed by atoms with Crippen LogP contribution in [0.5, 0.6) is 0 Å². The Hall–Kier alpha value is -0.840. The number of hydrazine groups is 1. The Bertz CT molecular complexity index is 268. The second-order valence-electron chi connectivity index (χ2n) is 4.01. The van der Waals surface area contributed by atoms with Crippen molar-refractivity contribution in [1.29, 1.82) is 0 Å². The molecule has 2 heterocycles. The van der Waals surface area contributed by atoms with Gasteiger partial charge in [0.25, 0.3) is 0 Å². The molecule has 4 nitrogen and oxygen atoms in total. The summed E-state index contributed by atoms with van der Waals surface area (Å²) in [7, 11) is 0. The molecule has 1 aromatic rings. The van der Waals surface area contributed by atoms with E-state index in [1.165, 1.54) is 0 Å². The zero-order chi connectivity index (χ0) is 10.5. The van der Waals surface area contributed by atoms with E-state index < -0.39 is 0 Å². The molecule has 1 aliphatic rings. The minimum Gasteiger partial charge on any atom is -0.469 e.